The van der Waals surface area contributed by atoms with Gasteiger partial charge in [0.15, 0.2) is 5.96 Å². The lowest BCUT2D eigenvalue weighted by molar-refractivity contribution is 0.0342. The van der Waals surface area contributed by atoms with E-state index in [1.54, 1.807) is 5.57 Å². The smallest absolute Gasteiger partial charge is 0.191 e. The fourth-order valence-electron chi connectivity index (χ4n) is 3.74. The number of hydrogen-bond donors (Lipinski definition) is 2. The number of benzene rings is 1. The molecular formula is C22H35IN4O. The fourth-order valence-corrected chi connectivity index (χ4v) is 3.74. The molecule has 1 aromatic rings. The topological polar surface area (TPSA) is 48.9 Å². The lowest BCUT2D eigenvalue weighted by atomic mass is 9.97. The largest absolute Gasteiger partial charge is 0.379 e. The predicted molar refractivity (Wildman–Crippen MR) is 127 cm³/mol. The number of ether oxygens (including phenoxy) is 1. The van der Waals surface area contributed by atoms with Crippen molar-refractivity contribution in [1.82, 2.24) is 15.5 Å². The average molecular weight is 498 g/mol. The van der Waals surface area contributed by atoms with Gasteiger partial charge in [0.25, 0.3) is 0 Å². The van der Waals surface area contributed by atoms with Gasteiger partial charge in [0, 0.05) is 39.8 Å². The number of hydrogen-bond acceptors (Lipinski definition) is 3. The molecule has 156 valence electrons. The maximum Gasteiger partial charge on any atom is 0.191 e. The van der Waals surface area contributed by atoms with Crippen LogP contribution in [0.1, 0.15) is 43.2 Å². The molecule has 1 aliphatic heterocycles. The Bertz CT molecular complexity index is 641. The van der Waals surface area contributed by atoms with Crippen LogP contribution >= 0.6 is 24.0 Å². The zero-order chi connectivity index (χ0) is 18.7. The molecule has 1 heterocycles. The number of rotatable bonds is 7. The van der Waals surface area contributed by atoms with Gasteiger partial charge < -0.3 is 15.4 Å². The number of allylic oxidation sites excluding steroid dienone is 1. The third-order valence-corrected chi connectivity index (χ3v) is 5.31. The standard InChI is InChI=1S/C22H34N4O.HI/c1-23-22(24-11-10-19-6-3-2-4-7-19)25-17-20-8-5-9-21(16-20)18-26-12-14-27-15-13-26;/h5-6,8-9,16H,2-4,7,10-15,17-18H2,1H3,(H2,23,24,25);1H. The zero-order valence-electron chi connectivity index (χ0n) is 17.1. The number of morpholine rings is 1. The van der Waals surface area contributed by atoms with E-state index in [0.29, 0.717) is 0 Å². The van der Waals surface area contributed by atoms with E-state index in [1.807, 2.05) is 7.05 Å². The predicted octanol–water partition coefficient (Wildman–Crippen LogP) is 3.69. The molecule has 1 aromatic carbocycles. The molecule has 0 saturated carbocycles. The van der Waals surface area contributed by atoms with Gasteiger partial charge in [-0.1, -0.05) is 35.9 Å². The Balaban J connectivity index is 0.00000280. The van der Waals surface area contributed by atoms with Crippen LogP contribution in [0, 0.1) is 0 Å². The number of nitrogens with one attached hydrogen (secondary N) is 2. The van der Waals surface area contributed by atoms with Gasteiger partial charge in [-0.25, -0.2) is 0 Å². The van der Waals surface area contributed by atoms with Crippen LogP contribution in [-0.4, -0.2) is 50.8 Å². The van der Waals surface area contributed by atoms with Crippen LogP contribution in [0.5, 0.6) is 0 Å². The molecule has 28 heavy (non-hydrogen) atoms. The maximum absolute atomic E-state index is 5.43. The van der Waals surface area contributed by atoms with Crippen molar-refractivity contribution in [1.29, 1.82) is 0 Å². The van der Waals surface area contributed by atoms with Crippen molar-refractivity contribution in [3.63, 3.8) is 0 Å². The van der Waals surface area contributed by atoms with Crippen LogP contribution in [0.3, 0.4) is 0 Å². The second-order valence-corrected chi connectivity index (χ2v) is 7.42. The highest BCUT2D eigenvalue weighted by atomic mass is 127. The first-order chi connectivity index (χ1) is 13.3. The summed E-state index contributed by atoms with van der Waals surface area (Å²) in [6, 6.07) is 8.83. The first-order valence-corrected chi connectivity index (χ1v) is 10.3. The molecule has 0 aromatic heterocycles. The van der Waals surface area contributed by atoms with E-state index >= 15 is 0 Å². The van der Waals surface area contributed by atoms with E-state index in [2.05, 4.69) is 50.9 Å². The Morgan fingerprint density at radius 2 is 1.96 bits per heavy atom. The van der Waals surface area contributed by atoms with E-state index in [0.717, 1.165) is 58.3 Å². The molecule has 0 spiro atoms. The van der Waals surface area contributed by atoms with Crippen LogP contribution in [0.25, 0.3) is 0 Å². The molecule has 5 nitrogen and oxygen atoms in total. The van der Waals surface area contributed by atoms with Crippen molar-refractivity contribution in [2.24, 2.45) is 4.99 Å². The summed E-state index contributed by atoms with van der Waals surface area (Å²) in [5.74, 6) is 0.880. The highest BCUT2D eigenvalue weighted by Crippen LogP contribution is 2.19. The second kappa shape index (κ2) is 13.2. The molecule has 0 unspecified atom stereocenters. The van der Waals surface area contributed by atoms with Gasteiger partial charge in [-0.3, -0.25) is 9.89 Å². The van der Waals surface area contributed by atoms with Crippen LogP contribution < -0.4 is 10.6 Å². The fraction of sp³-hybridized carbons (Fsp3) is 0.591. The molecule has 0 amide bonds. The van der Waals surface area contributed by atoms with Crippen molar-refractivity contribution >= 4 is 29.9 Å². The van der Waals surface area contributed by atoms with Crippen molar-refractivity contribution in [3.8, 4) is 0 Å². The summed E-state index contributed by atoms with van der Waals surface area (Å²) in [5.41, 5.74) is 4.25. The van der Waals surface area contributed by atoms with Crippen molar-refractivity contribution in [2.45, 2.75) is 45.2 Å². The van der Waals surface area contributed by atoms with Gasteiger partial charge in [0.2, 0.25) is 0 Å². The molecular weight excluding hydrogens is 463 g/mol. The summed E-state index contributed by atoms with van der Waals surface area (Å²) in [6.45, 7) is 6.48. The number of nitrogens with zero attached hydrogens (tertiary/aromatic N) is 2. The average Bonchev–Trinajstić information content (AvgIpc) is 2.72. The minimum absolute atomic E-state index is 0. The van der Waals surface area contributed by atoms with Gasteiger partial charge in [0.1, 0.15) is 0 Å². The molecule has 1 saturated heterocycles. The molecule has 1 aliphatic carbocycles. The highest BCUT2D eigenvalue weighted by molar-refractivity contribution is 14.0. The molecule has 2 aliphatic rings. The lowest BCUT2D eigenvalue weighted by Gasteiger charge is -2.26. The Morgan fingerprint density at radius 3 is 2.71 bits per heavy atom. The molecule has 0 radical (unpaired) electrons. The molecule has 3 rings (SSSR count). The minimum Gasteiger partial charge on any atom is -0.379 e. The molecule has 0 atom stereocenters. The summed E-state index contributed by atoms with van der Waals surface area (Å²) in [6.07, 6.45) is 8.76. The molecule has 6 heteroatoms. The summed E-state index contributed by atoms with van der Waals surface area (Å²) in [7, 11) is 1.84. The Hall–Kier alpha value is -1.12. The maximum atomic E-state index is 5.43. The van der Waals surface area contributed by atoms with Gasteiger partial charge in [-0.05, 0) is 43.2 Å². The van der Waals surface area contributed by atoms with Gasteiger partial charge >= 0.3 is 0 Å². The van der Waals surface area contributed by atoms with Crippen molar-refractivity contribution in [2.75, 3.05) is 39.9 Å². The van der Waals surface area contributed by atoms with Crippen molar-refractivity contribution < 1.29 is 4.74 Å². The summed E-state index contributed by atoms with van der Waals surface area (Å²) in [5, 5.41) is 6.88. The molecule has 1 fully saturated rings. The number of guanidine groups is 1. The van der Waals surface area contributed by atoms with E-state index in [4.69, 9.17) is 4.74 Å². The summed E-state index contributed by atoms with van der Waals surface area (Å²) in [4.78, 5) is 6.81. The SMILES string of the molecule is CN=C(NCCC1=CCCCC1)NCc1cccc(CN2CCOCC2)c1.I. The molecule has 0 bridgehead atoms. The lowest BCUT2D eigenvalue weighted by Crippen LogP contribution is -2.37. The van der Waals surface area contributed by atoms with Crippen LogP contribution in [-0.2, 0) is 17.8 Å². The minimum atomic E-state index is 0. The Morgan fingerprint density at radius 1 is 1.14 bits per heavy atom. The van der Waals surface area contributed by atoms with E-state index in [-0.39, 0.29) is 24.0 Å². The van der Waals surface area contributed by atoms with E-state index in [9.17, 15) is 0 Å². The molecule has 2 N–H and O–H groups in total. The van der Waals surface area contributed by atoms with E-state index in [1.165, 1.54) is 36.8 Å². The quantitative estimate of drug-likeness (QED) is 0.261. The number of halogens is 1. The van der Waals surface area contributed by atoms with Crippen LogP contribution in [0.2, 0.25) is 0 Å². The first-order valence-electron chi connectivity index (χ1n) is 10.3. The third kappa shape index (κ3) is 8.09. The third-order valence-electron chi connectivity index (χ3n) is 5.31. The Labute approximate surface area is 187 Å². The normalized spacial score (nSPS) is 18.2. The van der Waals surface area contributed by atoms with Crippen LogP contribution in [0.15, 0.2) is 40.9 Å². The second-order valence-electron chi connectivity index (χ2n) is 7.42. The van der Waals surface area contributed by atoms with Gasteiger partial charge in [0.05, 0.1) is 13.2 Å². The monoisotopic (exact) mass is 498 g/mol. The summed E-state index contributed by atoms with van der Waals surface area (Å²) < 4.78 is 5.43. The van der Waals surface area contributed by atoms with E-state index < -0.39 is 0 Å². The number of aliphatic imine (C=N–C) groups is 1. The van der Waals surface area contributed by atoms with Crippen LogP contribution in [0.4, 0.5) is 0 Å². The van der Waals surface area contributed by atoms with Crippen molar-refractivity contribution in [3.05, 3.63) is 47.0 Å². The Kier molecular flexibility index (Phi) is 10.9. The zero-order valence-corrected chi connectivity index (χ0v) is 19.4. The van der Waals surface area contributed by atoms with Gasteiger partial charge in [-0.2, -0.15) is 0 Å². The summed E-state index contributed by atoms with van der Waals surface area (Å²) >= 11 is 0. The highest BCUT2D eigenvalue weighted by Gasteiger charge is 2.11. The first kappa shape index (κ1) is 23.2. The van der Waals surface area contributed by atoms with Gasteiger partial charge in [-0.15, -0.1) is 24.0 Å².